The zero-order valence-electron chi connectivity index (χ0n) is 21.4. The van der Waals surface area contributed by atoms with E-state index in [2.05, 4.69) is 44.5 Å². The van der Waals surface area contributed by atoms with Crippen LogP contribution in [0.1, 0.15) is 34.7 Å². The van der Waals surface area contributed by atoms with Gasteiger partial charge in [-0.2, -0.15) is 0 Å². The third kappa shape index (κ3) is 4.82. The van der Waals surface area contributed by atoms with Gasteiger partial charge in [0.25, 0.3) is 0 Å². The number of nitrogens with one attached hydrogen (secondary N) is 2. The largest absolute Gasteiger partial charge is 0.494 e. The molecule has 1 saturated heterocycles. The number of anilines is 2. The first-order valence-corrected chi connectivity index (χ1v) is 14.2. The lowest BCUT2D eigenvalue weighted by molar-refractivity contribution is 0.417. The second kappa shape index (κ2) is 10.1. The zero-order valence-corrected chi connectivity index (χ0v) is 23.0. The number of benzene rings is 1. The Morgan fingerprint density at radius 1 is 1.05 bits per heavy atom. The summed E-state index contributed by atoms with van der Waals surface area (Å²) in [4.78, 5) is 11.0. The maximum absolute atomic E-state index is 11.9. The van der Waals surface area contributed by atoms with E-state index in [-0.39, 0.29) is 12.1 Å². The zero-order chi connectivity index (χ0) is 27.0. The Kier molecular flexibility index (Phi) is 6.80. The molecule has 0 radical (unpaired) electrons. The summed E-state index contributed by atoms with van der Waals surface area (Å²) >= 11 is 5.87. The summed E-state index contributed by atoms with van der Waals surface area (Å²) in [6, 6.07) is 16.8. The van der Waals surface area contributed by atoms with Gasteiger partial charge in [0.1, 0.15) is 5.75 Å². The standard InChI is InChI=1S/C27H28N6O3S2/c1-17-14-21(18(2)32(17)20-8-7-12-28-16-20)26-25(23-9-5-6-13-29-23)30-27(37)33(26)19-10-11-22(24(15-19)36-3)31-38(4,34)35/h5-16,25-26,31H,1-4H3,(H,30,37)/t25-,26+/m1/s1. The Labute approximate surface area is 227 Å². The van der Waals surface area contributed by atoms with Gasteiger partial charge in [-0.25, -0.2) is 8.42 Å². The highest BCUT2D eigenvalue weighted by Crippen LogP contribution is 2.45. The molecule has 4 aromatic rings. The van der Waals surface area contributed by atoms with E-state index in [1.807, 2.05) is 47.5 Å². The van der Waals surface area contributed by atoms with Gasteiger partial charge in [0.15, 0.2) is 5.11 Å². The number of rotatable bonds is 7. The summed E-state index contributed by atoms with van der Waals surface area (Å²) in [6.45, 7) is 4.16. The molecule has 2 atom stereocenters. The topological polar surface area (TPSA) is 101 Å². The van der Waals surface area contributed by atoms with Crippen LogP contribution in [-0.2, 0) is 10.0 Å². The van der Waals surface area contributed by atoms with E-state index in [0.717, 1.165) is 40.3 Å². The number of hydrogen-bond acceptors (Lipinski definition) is 6. The van der Waals surface area contributed by atoms with Crippen LogP contribution in [0.25, 0.3) is 5.69 Å². The molecule has 0 aliphatic carbocycles. The maximum atomic E-state index is 11.9. The molecule has 1 aliphatic rings. The van der Waals surface area contributed by atoms with Crippen LogP contribution in [0.15, 0.2) is 73.2 Å². The second-order valence-electron chi connectivity index (χ2n) is 9.13. The second-order valence-corrected chi connectivity index (χ2v) is 11.3. The van der Waals surface area contributed by atoms with Gasteiger partial charge in [0.2, 0.25) is 10.0 Å². The molecule has 11 heteroatoms. The molecular formula is C27H28N6O3S2. The minimum Gasteiger partial charge on any atom is -0.494 e. The lowest BCUT2D eigenvalue weighted by atomic mass is 9.96. The lowest BCUT2D eigenvalue weighted by Crippen LogP contribution is -2.29. The molecule has 5 rings (SSSR count). The number of thiocarbonyl (C=S) groups is 1. The predicted molar refractivity (Wildman–Crippen MR) is 152 cm³/mol. The lowest BCUT2D eigenvalue weighted by Gasteiger charge is -2.29. The first-order chi connectivity index (χ1) is 18.2. The van der Waals surface area contributed by atoms with E-state index in [4.69, 9.17) is 17.0 Å². The van der Waals surface area contributed by atoms with Gasteiger partial charge in [-0.05, 0) is 74.1 Å². The Hall–Kier alpha value is -3.96. The van der Waals surface area contributed by atoms with Gasteiger partial charge < -0.3 is 19.5 Å². The third-order valence-corrected chi connectivity index (χ3v) is 7.46. The van der Waals surface area contributed by atoms with Crippen LogP contribution in [0.2, 0.25) is 0 Å². The summed E-state index contributed by atoms with van der Waals surface area (Å²) in [5.74, 6) is 0.386. The average molecular weight is 549 g/mol. The Morgan fingerprint density at radius 2 is 1.87 bits per heavy atom. The van der Waals surface area contributed by atoms with E-state index in [9.17, 15) is 8.42 Å². The summed E-state index contributed by atoms with van der Waals surface area (Å²) < 4.78 is 34.0. The molecule has 0 spiro atoms. The molecule has 196 valence electrons. The van der Waals surface area contributed by atoms with Crippen molar-refractivity contribution in [3.63, 3.8) is 0 Å². The minimum atomic E-state index is -3.48. The number of aryl methyl sites for hydroxylation is 1. The fourth-order valence-corrected chi connectivity index (χ4v) is 5.95. The van der Waals surface area contributed by atoms with Crippen LogP contribution in [0.4, 0.5) is 11.4 Å². The third-order valence-electron chi connectivity index (χ3n) is 6.55. The molecule has 4 heterocycles. The number of sulfonamides is 1. The number of nitrogens with zero attached hydrogens (tertiary/aromatic N) is 4. The molecule has 38 heavy (non-hydrogen) atoms. The van der Waals surface area contributed by atoms with Gasteiger partial charge in [-0.3, -0.25) is 14.7 Å². The monoisotopic (exact) mass is 548 g/mol. The van der Waals surface area contributed by atoms with E-state index in [1.54, 1.807) is 24.5 Å². The van der Waals surface area contributed by atoms with Crippen molar-refractivity contribution >= 4 is 38.7 Å². The highest BCUT2D eigenvalue weighted by atomic mass is 32.2. The minimum absolute atomic E-state index is 0.230. The summed E-state index contributed by atoms with van der Waals surface area (Å²) in [5.41, 5.74) is 6.13. The van der Waals surface area contributed by atoms with E-state index in [0.29, 0.717) is 16.5 Å². The van der Waals surface area contributed by atoms with Crippen molar-refractivity contribution in [1.82, 2.24) is 19.9 Å². The average Bonchev–Trinajstić information content (AvgIpc) is 3.39. The number of methoxy groups -OCH3 is 1. The normalized spacial score (nSPS) is 17.4. The molecule has 2 N–H and O–H groups in total. The first-order valence-electron chi connectivity index (χ1n) is 11.9. The Balaban J connectivity index is 1.66. The quantitative estimate of drug-likeness (QED) is 0.327. The molecule has 1 aliphatic heterocycles. The summed E-state index contributed by atoms with van der Waals surface area (Å²) in [6.07, 6.45) is 6.47. The Morgan fingerprint density at radius 3 is 2.53 bits per heavy atom. The van der Waals surface area contributed by atoms with Crippen molar-refractivity contribution in [2.45, 2.75) is 25.9 Å². The van der Waals surface area contributed by atoms with Gasteiger partial charge in [-0.1, -0.05) is 6.07 Å². The van der Waals surface area contributed by atoms with Crippen LogP contribution in [-0.4, -0.2) is 41.4 Å². The van der Waals surface area contributed by atoms with Crippen molar-refractivity contribution in [2.75, 3.05) is 23.0 Å². The molecule has 9 nitrogen and oxygen atoms in total. The van der Waals surface area contributed by atoms with Crippen LogP contribution in [0, 0.1) is 13.8 Å². The molecule has 0 saturated carbocycles. The fourth-order valence-electron chi connectivity index (χ4n) is 5.03. The maximum Gasteiger partial charge on any atom is 0.229 e. The van der Waals surface area contributed by atoms with Crippen LogP contribution in [0.3, 0.4) is 0 Å². The number of aromatic nitrogens is 3. The van der Waals surface area contributed by atoms with Crippen molar-refractivity contribution in [3.05, 3.63) is 95.8 Å². The molecule has 0 bridgehead atoms. The highest BCUT2D eigenvalue weighted by molar-refractivity contribution is 7.92. The highest BCUT2D eigenvalue weighted by Gasteiger charge is 2.42. The molecule has 1 fully saturated rings. The van der Waals surface area contributed by atoms with E-state index < -0.39 is 10.0 Å². The van der Waals surface area contributed by atoms with Crippen LogP contribution < -0.4 is 19.7 Å². The van der Waals surface area contributed by atoms with Crippen molar-refractivity contribution < 1.29 is 13.2 Å². The number of hydrogen-bond donors (Lipinski definition) is 2. The molecule has 1 aromatic carbocycles. The van der Waals surface area contributed by atoms with Crippen molar-refractivity contribution in [1.29, 1.82) is 0 Å². The van der Waals surface area contributed by atoms with E-state index in [1.165, 1.54) is 7.11 Å². The number of ether oxygens (including phenoxy) is 1. The molecule has 3 aromatic heterocycles. The Bertz CT molecular complexity index is 1590. The first kappa shape index (κ1) is 25.7. The van der Waals surface area contributed by atoms with Gasteiger partial charge >= 0.3 is 0 Å². The SMILES string of the molecule is COc1cc(N2C(=S)N[C@H](c3ccccn3)[C@@H]2c2cc(C)n(-c3cccnc3)c2C)ccc1NS(C)(=O)=O. The van der Waals surface area contributed by atoms with Gasteiger partial charge in [0, 0.05) is 35.5 Å². The van der Waals surface area contributed by atoms with Crippen molar-refractivity contribution in [3.8, 4) is 11.4 Å². The molecule has 0 amide bonds. The molecule has 0 unspecified atom stereocenters. The summed E-state index contributed by atoms with van der Waals surface area (Å²) in [7, 11) is -1.98. The van der Waals surface area contributed by atoms with Crippen LogP contribution in [0.5, 0.6) is 5.75 Å². The van der Waals surface area contributed by atoms with Gasteiger partial charge in [-0.15, -0.1) is 0 Å². The number of pyridine rings is 2. The fraction of sp³-hybridized carbons (Fsp3) is 0.222. The summed E-state index contributed by atoms with van der Waals surface area (Å²) in [5, 5.41) is 4.00. The van der Waals surface area contributed by atoms with Crippen molar-refractivity contribution in [2.24, 2.45) is 0 Å². The smallest absolute Gasteiger partial charge is 0.229 e. The van der Waals surface area contributed by atoms with E-state index >= 15 is 0 Å². The van der Waals surface area contributed by atoms with Crippen LogP contribution >= 0.6 is 12.2 Å². The van der Waals surface area contributed by atoms with Gasteiger partial charge in [0.05, 0.1) is 48.7 Å². The predicted octanol–water partition coefficient (Wildman–Crippen LogP) is 4.44. The molecular weight excluding hydrogens is 520 g/mol.